The number of carbonyl (C=O) groups excluding carboxylic acids is 1. The third-order valence-corrected chi connectivity index (χ3v) is 2.06. The molecule has 0 heterocycles. The van der Waals surface area contributed by atoms with E-state index in [1.165, 1.54) is 0 Å². The van der Waals surface area contributed by atoms with Crippen LogP contribution in [0.15, 0.2) is 0 Å². The van der Waals surface area contributed by atoms with Gasteiger partial charge < -0.3 is 0 Å². The minimum absolute atomic E-state index is 0.329. The molecule has 0 aromatic carbocycles. The van der Waals surface area contributed by atoms with Crippen molar-refractivity contribution < 1.29 is 34.3 Å². The fourth-order valence-electron chi connectivity index (χ4n) is 0.604. The predicted molar refractivity (Wildman–Crippen MR) is 53.7 cm³/mol. The zero-order valence-electron chi connectivity index (χ0n) is 9.96. The summed E-state index contributed by atoms with van der Waals surface area (Å²) < 4.78 is 23.3. The van der Waals surface area contributed by atoms with Crippen LogP contribution in [0.5, 0.6) is 0 Å². The van der Waals surface area contributed by atoms with Crippen LogP contribution >= 0.6 is 0 Å². The normalized spacial score (nSPS) is 9.18. The van der Waals surface area contributed by atoms with E-state index < -0.39 is 0 Å². The van der Waals surface area contributed by atoms with Crippen LogP contribution in [0.2, 0.25) is 0 Å². The average molecular weight is 281 g/mol. The molecule has 0 aliphatic heterocycles. The van der Waals surface area contributed by atoms with Gasteiger partial charge in [-0.1, -0.05) is 0 Å². The molecule has 0 aliphatic rings. The van der Waals surface area contributed by atoms with E-state index in [0.717, 1.165) is 4.54 Å². The van der Waals surface area contributed by atoms with Crippen LogP contribution < -0.4 is 0 Å². The second kappa shape index (κ2) is 20.6. The zero-order valence-corrected chi connectivity index (χ0v) is 11.1. The van der Waals surface area contributed by atoms with Crippen LogP contribution in [0.1, 0.15) is 0 Å². The number of likely N-dealkylation sites (N-methyl/N-ethyl adjacent to an activating group) is 2. The molecule has 1 atom stereocenters. The van der Waals surface area contributed by atoms with Gasteiger partial charge in [0.05, 0.1) is 0 Å². The summed E-state index contributed by atoms with van der Waals surface area (Å²) >= 11 is 3.77. The number of hydrogen-bond acceptors (Lipinski definition) is 3. The minimum atomic E-state index is -0.329. The maximum atomic E-state index is 10.4. The van der Waals surface area contributed by atoms with E-state index >= 15 is 0 Å². The van der Waals surface area contributed by atoms with Crippen LogP contribution in [-0.2, 0) is 34.3 Å². The number of rotatable bonds is 4. The quantitative estimate of drug-likeness (QED) is 0.382. The van der Waals surface area contributed by atoms with Crippen molar-refractivity contribution in [3.8, 4) is 0 Å². The van der Waals surface area contributed by atoms with Crippen molar-refractivity contribution in [2.45, 2.75) is 6.04 Å². The number of hydrogen-bond donors (Lipinski definition) is 0. The topological polar surface area (TPSA) is 83.2 Å². The first-order valence-electron chi connectivity index (χ1n) is 3.84. The van der Waals surface area contributed by atoms with Gasteiger partial charge in [-0.15, -0.1) is 0 Å². The summed E-state index contributed by atoms with van der Waals surface area (Å²) in [5.41, 5.74) is 0. The Balaban J connectivity index is -0.000000121. The summed E-state index contributed by atoms with van der Waals surface area (Å²) in [5, 5.41) is 0. The van der Waals surface area contributed by atoms with E-state index in [1.807, 2.05) is 39.4 Å². The molecule has 1 unspecified atom stereocenters. The molecule has 6 nitrogen and oxygen atoms in total. The van der Waals surface area contributed by atoms with Gasteiger partial charge in [-0.3, -0.25) is 0 Å². The molecule has 0 aliphatic carbocycles. The molecule has 0 fully saturated rings. The molecule has 0 N–H and O–H groups in total. The van der Waals surface area contributed by atoms with Crippen molar-refractivity contribution in [2.75, 3.05) is 28.2 Å². The molecular formula is C10H13FeN2O4. The zero-order chi connectivity index (χ0) is 15.0. The Morgan fingerprint density at radius 1 is 1.06 bits per heavy atom. The van der Waals surface area contributed by atoms with Gasteiger partial charge in [0.2, 0.25) is 0 Å². The number of nitrogens with zero attached hydrogens (tertiary/aromatic N) is 2. The standard InChI is InChI=1S/C7H13N2O.3CO.Fe/c1-8(2)5-7(6-10)9(3)4;3*1-2;/h7H,1-4H3;;;;/q-1;;;;+1. The Labute approximate surface area is 109 Å². The Morgan fingerprint density at radius 3 is 1.41 bits per heavy atom. The molecule has 0 radical (unpaired) electrons. The third-order valence-electron chi connectivity index (χ3n) is 1.26. The first-order valence-corrected chi connectivity index (χ1v) is 4.39. The molecule has 0 bridgehead atoms. The molecule has 0 saturated heterocycles. The molecule has 17 heavy (non-hydrogen) atoms. The molecule has 95 valence electrons. The monoisotopic (exact) mass is 281 g/mol. The summed E-state index contributed by atoms with van der Waals surface area (Å²) in [6, 6.07) is -0.329. The molecule has 7 heteroatoms. The van der Waals surface area contributed by atoms with Gasteiger partial charge in [-0.2, -0.15) is 0 Å². The van der Waals surface area contributed by atoms with Gasteiger partial charge in [0.25, 0.3) is 0 Å². The van der Waals surface area contributed by atoms with E-state index in [1.54, 1.807) is 4.90 Å². The molecule has 0 amide bonds. The van der Waals surface area contributed by atoms with Crippen molar-refractivity contribution in [3.05, 3.63) is 20.0 Å². The summed E-state index contributed by atoms with van der Waals surface area (Å²) in [6.07, 6.45) is 1.92. The van der Waals surface area contributed by atoms with Gasteiger partial charge in [0, 0.05) is 0 Å². The van der Waals surface area contributed by atoms with E-state index in [2.05, 4.69) is 35.5 Å². The summed E-state index contributed by atoms with van der Waals surface area (Å²) in [5.74, 6) is 0. The van der Waals surface area contributed by atoms with Crippen molar-refractivity contribution in [2.24, 2.45) is 0 Å². The Kier molecular flexibility index (Phi) is 30.5. The molecule has 0 saturated carbocycles. The van der Waals surface area contributed by atoms with Crippen molar-refractivity contribution in [1.29, 1.82) is 0 Å². The summed E-state index contributed by atoms with van der Waals surface area (Å²) in [4.78, 5) is 14.0. The van der Waals surface area contributed by atoms with Crippen LogP contribution in [-0.4, -0.2) is 54.9 Å². The summed E-state index contributed by atoms with van der Waals surface area (Å²) in [7, 11) is 7.36. The van der Waals surface area contributed by atoms with Crippen LogP contribution in [0.4, 0.5) is 0 Å². The van der Waals surface area contributed by atoms with Crippen molar-refractivity contribution >= 4 is 10.8 Å². The maximum absolute atomic E-state index is 10.4. The molecule has 0 spiro atoms. The summed E-state index contributed by atoms with van der Waals surface area (Å²) in [6.45, 7) is 13.5. The Morgan fingerprint density at radius 2 is 1.35 bits per heavy atom. The van der Waals surface area contributed by atoms with Gasteiger partial charge in [0.1, 0.15) is 0 Å². The van der Waals surface area contributed by atoms with Crippen LogP contribution in [0, 0.1) is 20.0 Å². The Hall–Kier alpha value is -0.801. The second-order valence-electron chi connectivity index (χ2n) is 2.69. The first-order chi connectivity index (χ1) is 8.00. The molecule has 0 aromatic rings. The van der Waals surface area contributed by atoms with Gasteiger partial charge in [0.15, 0.2) is 0 Å². The molecule has 0 aromatic heterocycles. The molecule has 0 rings (SSSR count). The fraction of sp³-hybridized carbons (Fsp3) is 0.500. The van der Waals surface area contributed by atoms with E-state index in [0.29, 0.717) is 0 Å². The van der Waals surface area contributed by atoms with Crippen molar-refractivity contribution in [1.82, 2.24) is 9.80 Å². The fourth-order valence-corrected chi connectivity index (χ4v) is 0.954. The van der Waals surface area contributed by atoms with Crippen LogP contribution in [0.25, 0.3) is 0 Å². The average Bonchev–Trinajstić information content (AvgIpc) is 2.36. The van der Waals surface area contributed by atoms with E-state index in [-0.39, 0.29) is 6.04 Å². The van der Waals surface area contributed by atoms with Gasteiger partial charge in [-0.05, 0) is 0 Å². The third kappa shape index (κ3) is 15.2. The first kappa shape index (κ1) is 25.1. The van der Waals surface area contributed by atoms with E-state index in [4.69, 9.17) is 14.0 Å². The molecular weight excluding hydrogens is 268 g/mol. The van der Waals surface area contributed by atoms with Crippen molar-refractivity contribution in [3.63, 3.8) is 0 Å². The van der Waals surface area contributed by atoms with Gasteiger partial charge >= 0.3 is 109 Å². The van der Waals surface area contributed by atoms with E-state index in [9.17, 15) is 4.79 Å². The van der Waals surface area contributed by atoms with Crippen LogP contribution in [0.3, 0.4) is 0 Å². The second-order valence-corrected chi connectivity index (χ2v) is 3.25. The SMILES string of the molecule is CN(C)[C](=[Fe+])C([C-]=O)N(C)C.[C-]#[O+].[C-]#[O+].[C-]#[O+]. The predicted octanol–water partition coefficient (Wildman–Crippen LogP) is -0.848. The Bertz CT molecular complexity index is 245. The van der Waals surface area contributed by atoms with Gasteiger partial charge in [-0.25, -0.2) is 0 Å².